The number of rotatable bonds is 4. The zero-order valence-corrected chi connectivity index (χ0v) is 10.3. The molecule has 2 atom stereocenters. The number of anilines is 2. The van der Waals surface area contributed by atoms with Gasteiger partial charge in [-0.3, -0.25) is 0 Å². The molecule has 0 aliphatic heterocycles. The van der Waals surface area contributed by atoms with E-state index >= 15 is 0 Å². The number of nitrogens with two attached hydrogens (primary N) is 1. The van der Waals surface area contributed by atoms with Gasteiger partial charge in [0.25, 0.3) is 0 Å². The molecule has 3 N–H and O–H groups in total. The van der Waals surface area contributed by atoms with E-state index in [2.05, 4.69) is 34.2 Å². The average Bonchev–Trinajstić information content (AvgIpc) is 2.70. The van der Waals surface area contributed by atoms with E-state index in [4.69, 9.17) is 5.73 Å². The van der Waals surface area contributed by atoms with Gasteiger partial charge in [-0.25, -0.2) is 0 Å². The van der Waals surface area contributed by atoms with Crippen molar-refractivity contribution < 1.29 is 0 Å². The third-order valence-corrected chi connectivity index (χ3v) is 4.06. The predicted molar refractivity (Wildman–Crippen MR) is 69.6 cm³/mol. The smallest absolute Gasteiger partial charge is 0.149 e. The molecule has 1 saturated carbocycles. The Kier molecular flexibility index (Phi) is 3.88. The van der Waals surface area contributed by atoms with Crippen LogP contribution in [0, 0.1) is 0 Å². The van der Waals surface area contributed by atoms with Crippen LogP contribution >= 0.6 is 11.8 Å². The van der Waals surface area contributed by atoms with Gasteiger partial charge in [0.15, 0.2) is 0 Å². The van der Waals surface area contributed by atoms with Gasteiger partial charge in [-0.15, -0.1) is 10.2 Å². The summed E-state index contributed by atoms with van der Waals surface area (Å²) in [6.45, 7) is 2.22. The molecule has 1 aromatic heterocycles. The Morgan fingerprint density at radius 1 is 1.44 bits per heavy atom. The van der Waals surface area contributed by atoms with Crippen molar-refractivity contribution in [2.75, 3.05) is 16.8 Å². The van der Waals surface area contributed by atoms with E-state index in [0.29, 0.717) is 11.9 Å². The minimum atomic E-state index is 0.469. The summed E-state index contributed by atoms with van der Waals surface area (Å²) in [6, 6.07) is 4.22. The van der Waals surface area contributed by atoms with E-state index in [1.165, 1.54) is 25.0 Å². The summed E-state index contributed by atoms with van der Waals surface area (Å²) in [5, 5.41) is 12.1. The fourth-order valence-electron chi connectivity index (χ4n) is 2.09. The van der Waals surface area contributed by atoms with Crippen LogP contribution in [-0.4, -0.2) is 27.2 Å². The predicted octanol–water partition coefficient (Wildman–Crippen LogP) is 2.14. The molecular formula is C11H18N4S. The van der Waals surface area contributed by atoms with E-state index in [1.54, 1.807) is 6.07 Å². The fourth-order valence-corrected chi connectivity index (χ4v) is 3.23. The van der Waals surface area contributed by atoms with Gasteiger partial charge in [0.05, 0.1) is 0 Å². The molecule has 0 spiro atoms. The highest BCUT2D eigenvalue weighted by Gasteiger charge is 2.24. The number of nitrogen functional groups attached to an aromatic ring is 1. The molecule has 1 aliphatic carbocycles. The fraction of sp³-hybridized carbons (Fsp3) is 0.636. The van der Waals surface area contributed by atoms with Crippen molar-refractivity contribution in [1.82, 2.24) is 10.2 Å². The van der Waals surface area contributed by atoms with Gasteiger partial charge in [-0.1, -0.05) is 6.92 Å². The normalized spacial score (nSPS) is 24.6. The molecule has 1 fully saturated rings. The highest BCUT2D eigenvalue weighted by molar-refractivity contribution is 7.99. The van der Waals surface area contributed by atoms with Gasteiger partial charge in [-0.05, 0) is 37.1 Å². The third kappa shape index (κ3) is 3.01. The van der Waals surface area contributed by atoms with Crippen molar-refractivity contribution in [1.29, 1.82) is 0 Å². The number of nitrogens with one attached hydrogen (secondary N) is 1. The highest BCUT2D eigenvalue weighted by atomic mass is 32.2. The molecular weight excluding hydrogens is 220 g/mol. The van der Waals surface area contributed by atoms with E-state index < -0.39 is 0 Å². The second kappa shape index (κ2) is 5.39. The lowest BCUT2D eigenvalue weighted by Gasteiger charge is -2.13. The summed E-state index contributed by atoms with van der Waals surface area (Å²) in [5.41, 5.74) is 5.49. The summed E-state index contributed by atoms with van der Waals surface area (Å²) in [5.74, 6) is 2.51. The molecule has 0 saturated heterocycles. The standard InChI is InChI=1S/C11H18N4S/c1-2-16-9-4-3-8(7-9)13-11-6-5-10(12)14-15-11/h5-6,8-9H,2-4,7H2,1H3,(H2,12,14)(H,13,15). The molecule has 2 unspecified atom stereocenters. The topological polar surface area (TPSA) is 63.8 Å². The zero-order chi connectivity index (χ0) is 11.4. The molecule has 5 heteroatoms. The Morgan fingerprint density at radius 2 is 2.31 bits per heavy atom. The number of aromatic nitrogens is 2. The maximum atomic E-state index is 5.49. The maximum absolute atomic E-state index is 5.49. The average molecular weight is 238 g/mol. The second-order valence-corrected chi connectivity index (χ2v) is 5.65. The van der Waals surface area contributed by atoms with Crippen LogP contribution in [0.3, 0.4) is 0 Å². The van der Waals surface area contributed by atoms with Crippen molar-refractivity contribution in [2.24, 2.45) is 0 Å². The van der Waals surface area contributed by atoms with Crippen molar-refractivity contribution in [2.45, 2.75) is 37.5 Å². The largest absolute Gasteiger partial charge is 0.382 e. The van der Waals surface area contributed by atoms with Crippen LogP contribution in [0.5, 0.6) is 0 Å². The van der Waals surface area contributed by atoms with E-state index in [-0.39, 0.29) is 0 Å². The molecule has 1 aromatic rings. The van der Waals surface area contributed by atoms with Crippen molar-refractivity contribution in [3.63, 3.8) is 0 Å². The van der Waals surface area contributed by atoms with Gasteiger partial charge in [0, 0.05) is 11.3 Å². The zero-order valence-electron chi connectivity index (χ0n) is 9.52. The van der Waals surface area contributed by atoms with Crippen LogP contribution in [0.25, 0.3) is 0 Å². The molecule has 2 rings (SSSR count). The summed E-state index contributed by atoms with van der Waals surface area (Å²) >= 11 is 2.06. The van der Waals surface area contributed by atoms with Crippen molar-refractivity contribution >= 4 is 23.4 Å². The summed E-state index contributed by atoms with van der Waals surface area (Å²) in [6.07, 6.45) is 3.76. The molecule has 0 radical (unpaired) electrons. The van der Waals surface area contributed by atoms with Crippen LogP contribution in [0.1, 0.15) is 26.2 Å². The highest BCUT2D eigenvalue weighted by Crippen LogP contribution is 2.31. The van der Waals surface area contributed by atoms with E-state index in [9.17, 15) is 0 Å². The number of hydrogen-bond donors (Lipinski definition) is 2. The summed E-state index contributed by atoms with van der Waals surface area (Å²) in [4.78, 5) is 0. The summed E-state index contributed by atoms with van der Waals surface area (Å²) in [7, 11) is 0. The van der Waals surface area contributed by atoms with Crippen molar-refractivity contribution in [3.05, 3.63) is 12.1 Å². The molecule has 88 valence electrons. The van der Waals surface area contributed by atoms with Gasteiger partial charge in [-0.2, -0.15) is 11.8 Å². The number of hydrogen-bond acceptors (Lipinski definition) is 5. The molecule has 1 aliphatic rings. The van der Waals surface area contributed by atoms with Gasteiger partial charge < -0.3 is 11.1 Å². The lowest BCUT2D eigenvalue weighted by atomic mass is 10.2. The Morgan fingerprint density at radius 3 is 3.00 bits per heavy atom. The Labute approximate surface area is 100 Å². The first kappa shape index (κ1) is 11.5. The van der Waals surface area contributed by atoms with Crippen LogP contribution < -0.4 is 11.1 Å². The SMILES string of the molecule is CCSC1CCC(Nc2ccc(N)nn2)C1. The molecule has 1 heterocycles. The summed E-state index contributed by atoms with van der Waals surface area (Å²) < 4.78 is 0. The third-order valence-electron chi connectivity index (χ3n) is 2.82. The lowest BCUT2D eigenvalue weighted by molar-refractivity contribution is 0.748. The van der Waals surface area contributed by atoms with Crippen LogP contribution in [-0.2, 0) is 0 Å². The monoisotopic (exact) mass is 238 g/mol. The molecule has 16 heavy (non-hydrogen) atoms. The minimum Gasteiger partial charge on any atom is -0.382 e. The first-order valence-corrected chi connectivity index (χ1v) is 6.80. The number of nitrogens with zero attached hydrogens (tertiary/aromatic N) is 2. The van der Waals surface area contributed by atoms with Gasteiger partial charge in [0.2, 0.25) is 0 Å². The maximum Gasteiger partial charge on any atom is 0.149 e. The minimum absolute atomic E-state index is 0.469. The van der Waals surface area contributed by atoms with Gasteiger partial charge >= 0.3 is 0 Å². The quantitative estimate of drug-likeness (QED) is 0.841. The van der Waals surface area contributed by atoms with E-state index in [1.807, 2.05) is 6.07 Å². The number of thioether (sulfide) groups is 1. The first-order valence-electron chi connectivity index (χ1n) is 5.75. The molecule has 4 nitrogen and oxygen atoms in total. The molecule has 0 aromatic carbocycles. The van der Waals surface area contributed by atoms with Crippen LogP contribution in [0.4, 0.5) is 11.6 Å². The first-order chi connectivity index (χ1) is 7.78. The Bertz CT molecular complexity index is 327. The van der Waals surface area contributed by atoms with Gasteiger partial charge in [0.1, 0.15) is 11.6 Å². The van der Waals surface area contributed by atoms with Crippen molar-refractivity contribution in [3.8, 4) is 0 Å². The molecule has 0 bridgehead atoms. The van der Waals surface area contributed by atoms with Crippen LogP contribution in [0.2, 0.25) is 0 Å². The van der Waals surface area contributed by atoms with Crippen LogP contribution in [0.15, 0.2) is 12.1 Å². The second-order valence-electron chi connectivity index (χ2n) is 4.08. The lowest BCUT2D eigenvalue weighted by Crippen LogP contribution is -2.17. The Balaban J connectivity index is 1.84. The molecule has 0 amide bonds. The van der Waals surface area contributed by atoms with E-state index in [0.717, 1.165) is 11.1 Å². The Hall–Kier alpha value is -0.970.